The van der Waals surface area contributed by atoms with E-state index in [0.717, 1.165) is 6.42 Å². The first-order chi connectivity index (χ1) is 11.2. The lowest BCUT2D eigenvalue weighted by Gasteiger charge is -2.17. The Bertz CT molecular complexity index is 721. The van der Waals surface area contributed by atoms with Crippen molar-refractivity contribution in [2.45, 2.75) is 52.9 Å². The van der Waals surface area contributed by atoms with Crippen LogP contribution >= 0.6 is 0 Å². The second-order valence-corrected chi connectivity index (χ2v) is 6.98. The number of allylic oxidation sites excluding steroid dienone is 1. The molecule has 23 heavy (non-hydrogen) atoms. The van der Waals surface area contributed by atoms with Gasteiger partial charge in [0.05, 0.1) is 0 Å². The monoisotopic (exact) mass is 304 g/mol. The normalized spacial score (nSPS) is 15.9. The Balaban J connectivity index is 2.11. The Kier molecular flexibility index (Phi) is 4.71. The van der Waals surface area contributed by atoms with Crippen LogP contribution in [0, 0.1) is 5.92 Å². The molecule has 0 bridgehead atoms. The first-order valence-electron chi connectivity index (χ1n) is 9.07. The van der Waals surface area contributed by atoms with Gasteiger partial charge in [-0.05, 0) is 58.9 Å². The first-order valence-corrected chi connectivity index (χ1v) is 9.07. The summed E-state index contributed by atoms with van der Waals surface area (Å²) in [5.41, 5.74) is 8.86. The lowest BCUT2D eigenvalue weighted by Crippen LogP contribution is -1.97. The van der Waals surface area contributed by atoms with Gasteiger partial charge in [0.15, 0.2) is 0 Å². The molecular weight excluding hydrogens is 276 g/mol. The summed E-state index contributed by atoms with van der Waals surface area (Å²) in [5.74, 6) is 1.28. The van der Waals surface area contributed by atoms with Crippen LogP contribution in [0.4, 0.5) is 0 Å². The summed E-state index contributed by atoms with van der Waals surface area (Å²) >= 11 is 0. The van der Waals surface area contributed by atoms with Gasteiger partial charge in [-0.3, -0.25) is 0 Å². The summed E-state index contributed by atoms with van der Waals surface area (Å²) in [7, 11) is 0. The van der Waals surface area contributed by atoms with Crippen LogP contribution in [0.3, 0.4) is 0 Å². The number of rotatable bonds is 5. The van der Waals surface area contributed by atoms with Gasteiger partial charge in [0.2, 0.25) is 0 Å². The van der Waals surface area contributed by atoms with Gasteiger partial charge in [-0.15, -0.1) is 0 Å². The molecule has 0 radical (unpaired) electrons. The van der Waals surface area contributed by atoms with Gasteiger partial charge >= 0.3 is 0 Å². The van der Waals surface area contributed by atoms with Crippen molar-refractivity contribution in [3.8, 4) is 11.1 Å². The number of fused-ring (bicyclic) bond motifs is 1. The van der Waals surface area contributed by atoms with Crippen molar-refractivity contribution in [2.24, 2.45) is 5.92 Å². The third-order valence-corrected chi connectivity index (χ3v) is 5.56. The fourth-order valence-electron chi connectivity index (χ4n) is 3.60. The van der Waals surface area contributed by atoms with Crippen LogP contribution in [0.25, 0.3) is 17.2 Å². The standard InChI is InChI=1S/C23H28/c1-5-16(3)19-14-18-10-9-13-22(23(18)15-19)21-12-8-7-11-20(21)17(4)6-2/h7-13,15-17H,5-6,14H2,1-4H3. The van der Waals surface area contributed by atoms with Crippen molar-refractivity contribution in [2.75, 3.05) is 0 Å². The molecule has 2 aromatic carbocycles. The second kappa shape index (κ2) is 6.74. The van der Waals surface area contributed by atoms with Crippen molar-refractivity contribution in [1.29, 1.82) is 0 Å². The van der Waals surface area contributed by atoms with Gasteiger partial charge in [0.25, 0.3) is 0 Å². The Morgan fingerprint density at radius 1 is 0.826 bits per heavy atom. The van der Waals surface area contributed by atoms with Crippen LogP contribution in [-0.2, 0) is 6.42 Å². The van der Waals surface area contributed by atoms with Gasteiger partial charge in [0, 0.05) is 0 Å². The van der Waals surface area contributed by atoms with E-state index < -0.39 is 0 Å². The average Bonchev–Trinajstić information content (AvgIpc) is 3.04. The van der Waals surface area contributed by atoms with Crippen molar-refractivity contribution < 1.29 is 0 Å². The zero-order valence-corrected chi connectivity index (χ0v) is 14.9. The summed E-state index contributed by atoms with van der Waals surface area (Å²) in [6.45, 7) is 9.25. The topological polar surface area (TPSA) is 0 Å². The van der Waals surface area contributed by atoms with Crippen molar-refractivity contribution >= 4 is 6.08 Å². The van der Waals surface area contributed by atoms with Crippen LogP contribution in [0.1, 0.15) is 63.1 Å². The molecule has 1 aliphatic rings. The first kappa shape index (κ1) is 16.1. The maximum absolute atomic E-state index is 2.46. The summed E-state index contributed by atoms with van der Waals surface area (Å²) in [4.78, 5) is 0. The van der Waals surface area contributed by atoms with E-state index in [-0.39, 0.29) is 0 Å². The van der Waals surface area contributed by atoms with Gasteiger partial charge < -0.3 is 0 Å². The number of hydrogen-bond acceptors (Lipinski definition) is 0. The van der Waals surface area contributed by atoms with E-state index in [2.05, 4.69) is 76.2 Å². The van der Waals surface area contributed by atoms with E-state index in [0.29, 0.717) is 11.8 Å². The molecule has 0 heterocycles. The summed E-state index contributed by atoms with van der Waals surface area (Å²) in [6.07, 6.45) is 5.99. The molecule has 0 saturated carbocycles. The molecule has 1 aliphatic carbocycles. The quantitative estimate of drug-likeness (QED) is 0.566. The second-order valence-electron chi connectivity index (χ2n) is 6.98. The maximum atomic E-state index is 2.46. The Morgan fingerprint density at radius 3 is 2.26 bits per heavy atom. The Hall–Kier alpha value is -1.82. The van der Waals surface area contributed by atoms with Crippen molar-refractivity contribution in [3.05, 3.63) is 64.7 Å². The lowest BCUT2D eigenvalue weighted by molar-refractivity contribution is 0.647. The van der Waals surface area contributed by atoms with Crippen LogP contribution in [0.2, 0.25) is 0 Å². The van der Waals surface area contributed by atoms with E-state index >= 15 is 0 Å². The van der Waals surface area contributed by atoms with E-state index in [1.807, 2.05) is 0 Å². The van der Waals surface area contributed by atoms with E-state index in [4.69, 9.17) is 0 Å². The highest BCUT2D eigenvalue weighted by molar-refractivity contribution is 5.82. The van der Waals surface area contributed by atoms with Crippen LogP contribution in [0.15, 0.2) is 48.0 Å². The highest BCUT2D eigenvalue weighted by atomic mass is 14.2. The average molecular weight is 304 g/mol. The van der Waals surface area contributed by atoms with Gasteiger partial charge in [-0.25, -0.2) is 0 Å². The van der Waals surface area contributed by atoms with Crippen molar-refractivity contribution in [3.63, 3.8) is 0 Å². The van der Waals surface area contributed by atoms with E-state index in [1.54, 1.807) is 5.57 Å². The van der Waals surface area contributed by atoms with Crippen molar-refractivity contribution in [1.82, 2.24) is 0 Å². The zero-order chi connectivity index (χ0) is 16.4. The molecule has 0 N–H and O–H groups in total. The number of benzene rings is 2. The molecule has 3 rings (SSSR count). The SMILES string of the molecule is CCC(C)C1=Cc2c(cccc2-c2ccccc2C(C)CC)C1. The van der Waals surface area contributed by atoms with Gasteiger partial charge in [-0.1, -0.05) is 81.8 Å². The molecule has 0 nitrogen and oxygen atoms in total. The minimum absolute atomic E-state index is 0.599. The molecule has 120 valence electrons. The fraction of sp³-hybridized carbons (Fsp3) is 0.391. The third kappa shape index (κ3) is 3.00. The summed E-state index contributed by atoms with van der Waals surface area (Å²) in [5, 5.41) is 0. The lowest BCUT2D eigenvalue weighted by atomic mass is 9.87. The summed E-state index contributed by atoms with van der Waals surface area (Å²) < 4.78 is 0. The largest absolute Gasteiger partial charge is 0.0648 e. The van der Waals surface area contributed by atoms with Gasteiger partial charge in [0.1, 0.15) is 0 Å². The summed E-state index contributed by atoms with van der Waals surface area (Å²) in [6, 6.07) is 15.8. The smallest absolute Gasteiger partial charge is 0.00549 e. The molecule has 0 spiro atoms. The van der Waals surface area contributed by atoms with E-state index in [1.165, 1.54) is 40.7 Å². The molecule has 2 atom stereocenters. The molecule has 0 amide bonds. The van der Waals surface area contributed by atoms with Crippen LogP contribution in [0.5, 0.6) is 0 Å². The molecule has 2 unspecified atom stereocenters. The van der Waals surface area contributed by atoms with E-state index in [9.17, 15) is 0 Å². The minimum Gasteiger partial charge on any atom is -0.0648 e. The highest BCUT2D eigenvalue weighted by Gasteiger charge is 2.21. The zero-order valence-electron chi connectivity index (χ0n) is 14.9. The molecule has 0 heteroatoms. The minimum atomic E-state index is 0.599. The molecule has 0 saturated heterocycles. The third-order valence-electron chi connectivity index (χ3n) is 5.56. The molecule has 0 fully saturated rings. The predicted molar refractivity (Wildman–Crippen MR) is 102 cm³/mol. The maximum Gasteiger partial charge on any atom is -0.00549 e. The Labute approximate surface area is 141 Å². The number of hydrogen-bond donors (Lipinski definition) is 0. The molecule has 0 aromatic heterocycles. The highest BCUT2D eigenvalue weighted by Crippen LogP contribution is 2.39. The molecule has 0 aliphatic heterocycles. The van der Waals surface area contributed by atoms with Gasteiger partial charge in [-0.2, -0.15) is 0 Å². The predicted octanol–water partition coefficient (Wildman–Crippen LogP) is 6.85. The Morgan fingerprint density at radius 2 is 1.52 bits per heavy atom. The van der Waals surface area contributed by atoms with Crippen LogP contribution < -0.4 is 0 Å². The fourth-order valence-corrected chi connectivity index (χ4v) is 3.60. The molecular formula is C23H28. The molecule has 2 aromatic rings. The van der Waals surface area contributed by atoms with Crippen LogP contribution in [-0.4, -0.2) is 0 Å².